The Morgan fingerprint density at radius 2 is 1.85 bits per heavy atom. The van der Waals surface area contributed by atoms with Crippen molar-refractivity contribution in [2.24, 2.45) is 5.41 Å². The van der Waals surface area contributed by atoms with E-state index < -0.39 is 5.60 Å². The highest BCUT2D eigenvalue weighted by Crippen LogP contribution is 2.33. The Bertz CT molecular complexity index is 392. The fraction of sp³-hybridized carbons (Fsp3) is 0.867. The third-order valence-electron chi connectivity index (χ3n) is 4.14. The molecule has 0 spiro atoms. The van der Waals surface area contributed by atoms with Crippen LogP contribution in [0.2, 0.25) is 0 Å². The maximum Gasteiger partial charge on any atom is 0.410 e. The summed E-state index contributed by atoms with van der Waals surface area (Å²) in [7, 11) is 0. The summed E-state index contributed by atoms with van der Waals surface area (Å²) in [4.78, 5) is 27.1. The van der Waals surface area contributed by atoms with E-state index in [1.54, 1.807) is 4.90 Å². The topological polar surface area (TPSA) is 49.9 Å². The summed E-state index contributed by atoms with van der Waals surface area (Å²) in [5.41, 5.74) is -0.309. The first-order chi connectivity index (χ1) is 9.19. The van der Waals surface area contributed by atoms with Gasteiger partial charge in [0, 0.05) is 32.6 Å². The van der Waals surface area contributed by atoms with Gasteiger partial charge in [-0.05, 0) is 39.0 Å². The van der Waals surface area contributed by atoms with Gasteiger partial charge in [0.2, 0.25) is 5.91 Å². The first-order valence-electron chi connectivity index (χ1n) is 7.44. The SMILES string of the molecule is CC1(CN2CCC2=O)CCN(C(=O)OC(C)(C)C)CC1. The number of carbonyl (C=O) groups excluding carboxylic acids is 2. The van der Waals surface area contributed by atoms with Crippen LogP contribution in [0.1, 0.15) is 47.0 Å². The number of carbonyl (C=O) groups is 2. The molecule has 0 aromatic heterocycles. The lowest BCUT2D eigenvalue weighted by molar-refractivity contribution is -0.142. The van der Waals surface area contributed by atoms with Crippen LogP contribution in [0.15, 0.2) is 0 Å². The average molecular weight is 282 g/mol. The van der Waals surface area contributed by atoms with E-state index in [0.29, 0.717) is 19.5 Å². The molecule has 20 heavy (non-hydrogen) atoms. The molecule has 2 heterocycles. The second-order valence-electron chi connectivity index (χ2n) is 7.34. The summed E-state index contributed by atoms with van der Waals surface area (Å²) in [6.07, 6.45) is 2.33. The molecule has 114 valence electrons. The molecule has 0 atom stereocenters. The van der Waals surface area contributed by atoms with Gasteiger partial charge in [0.25, 0.3) is 0 Å². The molecule has 0 saturated carbocycles. The number of hydrogen-bond donors (Lipinski definition) is 0. The number of nitrogens with zero attached hydrogens (tertiary/aromatic N) is 2. The highest BCUT2D eigenvalue weighted by molar-refractivity contribution is 5.81. The zero-order valence-corrected chi connectivity index (χ0v) is 13.1. The van der Waals surface area contributed by atoms with Gasteiger partial charge < -0.3 is 14.5 Å². The Morgan fingerprint density at radius 3 is 2.25 bits per heavy atom. The Morgan fingerprint density at radius 1 is 1.25 bits per heavy atom. The lowest BCUT2D eigenvalue weighted by Gasteiger charge is -2.44. The van der Waals surface area contributed by atoms with E-state index in [1.165, 1.54) is 0 Å². The van der Waals surface area contributed by atoms with Gasteiger partial charge in [-0.3, -0.25) is 4.79 Å². The molecule has 2 fully saturated rings. The third-order valence-corrected chi connectivity index (χ3v) is 4.14. The largest absolute Gasteiger partial charge is 0.444 e. The van der Waals surface area contributed by atoms with Crippen LogP contribution < -0.4 is 0 Å². The number of rotatable bonds is 2. The van der Waals surface area contributed by atoms with E-state index in [1.807, 2.05) is 25.7 Å². The smallest absolute Gasteiger partial charge is 0.410 e. The zero-order valence-electron chi connectivity index (χ0n) is 13.1. The van der Waals surface area contributed by atoms with Crippen LogP contribution in [0, 0.1) is 5.41 Å². The van der Waals surface area contributed by atoms with Crippen LogP contribution in [0.4, 0.5) is 4.79 Å². The summed E-state index contributed by atoms with van der Waals surface area (Å²) in [6.45, 7) is 11.0. The van der Waals surface area contributed by atoms with E-state index in [2.05, 4.69) is 6.92 Å². The second-order valence-corrected chi connectivity index (χ2v) is 7.34. The lowest BCUT2D eigenvalue weighted by Crippen LogP contribution is -2.52. The minimum absolute atomic E-state index is 0.134. The Balaban J connectivity index is 1.82. The first kappa shape index (κ1) is 15.1. The number of ether oxygens (including phenoxy) is 1. The van der Waals surface area contributed by atoms with E-state index in [0.717, 1.165) is 25.9 Å². The van der Waals surface area contributed by atoms with Crippen molar-refractivity contribution in [3.63, 3.8) is 0 Å². The van der Waals surface area contributed by atoms with Crippen molar-refractivity contribution >= 4 is 12.0 Å². The minimum Gasteiger partial charge on any atom is -0.444 e. The van der Waals surface area contributed by atoms with Crippen LogP contribution in [-0.4, -0.2) is 53.6 Å². The van der Waals surface area contributed by atoms with Crippen molar-refractivity contribution in [1.82, 2.24) is 9.80 Å². The fourth-order valence-corrected chi connectivity index (χ4v) is 2.70. The molecule has 0 aromatic carbocycles. The van der Waals surface area contributed by atoms with Crippen LogP contribution >= 0.6 is 0 Å². The molecular weight excluding hydrogens is 256 g/mol. The molecule has 2 aliphatic heterocycles. The van der Waals surface area contributed by atoms with Crippen LogP contribution in [0.3, 0.4) is 0 Å². The van der Waals surface area contributed by atoms with E-state index in [4.69, 9.17) is 4.74 Å². The van der Waals surface area contributed by atoms with Gasteiger partial charge in [-0.25, -0.2) is 4.79 Å². The molecule has 0 bridgehead atoms. The van der Waals surface area contributed by atoms with Gasteiger partial charge in [0.15, 0.2) is 0 Å². The Labute approximate surface area is 121 Å². The molecule has 2 amide bonds. The van der Waals surface area contributed by atoms with E-state index >= 15 is 0 Å². The van der Waals surface area contributed by atoms with Gasteiger partial charge in [-0.1, -0.05) is 6.92 Å². The van der Waals surface area contributed by atoms with Gasteiger partial charge in [0.05, 0.1) is 0 Å². The minimum atomic E-state index is -0.443. The predicted octanol–water partition coefficient (Wildman–Crippen LogP) is 2.26. The summed E-state index contributed by atoms with van der Waals surface area (Å²) in [5, 5.41) is 0. The Kier molecular flexibility index (Phi) is 3.98. The van der Waals surface area contributed by atoms with Crippen molar-refractivity contribution in [3.05, 3.63) is 0 Å². The van der Waals surface area contributed by atoms with Gasteiger partial charge in [-0.15, -0.1) is 0 Å². The molecule has 0 unspecified atom stereocenters. The fourth-order valence-electron chi connectivity index (χ4n) is 2.70. The number of amides is 2. The Hall–Kier alpha value is -1.26. The van der Waals surface area contributed by atoms with Crippen LogP contribution in [0.25, 0.3) is 0 Å². The van der Waals surface area contributed by atoms with Crippen LogP contribution in [0.5, 0.6) is 0 Å². The summed E-state index contributed by atoms with van der Waals surface area (Å²) in [5.74, 6) is 0.265. The zero-order chi connectivity index (χ0) is 15.0. The average Bonchev–Trinajstić information content (AvgIpc) is 2.33. The summed E-state index contributed by atoms with van der Waals surface area (Å²) >= 11 is 0. The highest BCUT2D eigenvalue weighted by atomic mass is 16.6. The van der Waals surface area contributed by atoms with Crippen molar-refractivity contribution in [1.29, 1.82) is 0 Å². The van der Waals surface area contributed by atoms with Crippen molar-refractivity contribution < 1.29 is 14.3 Å². The van der Waals surface area contributed by atoms with Gasteiger partial charge >= 0.3 is 6.09 Å². The molecule has 0 aromatic rings. The lowest BCUT2D eigenvalue weighted by atomic mass is 9.79. The molecular formula is C15H26N2O3. The normalized spacial score (nSPS) is 22.5. The van der Waals surface area contributed by atoms with Gasteiger partial charge in [0.1, 0.15) is 5.60 Å². The van der Waals surface area contributed by atoms with Crippen LogP contribution in [-0.2, 0) is 9.53 Å². The molecule has 2 aliphatic rings. The van der Waals surface area contributed by atoms with E-state index in [-0.39, 0.29) is 17.4 Å². The second kappa shape index (κ2) is 5.26. The van der Waals surface area contributed by atoms with Crippen molar-refractivity contribution in [2.45, 2.75) is 52.6 Å². The number of likely N-dealkylation sites (tertiary alicyclic amines) is 2. The number of piperidine rings is 1. The standard InChI is InChI=1S/C15H26N2O3/c1-14(2,3)20-13(19)16-9-6-15(4,7-10-16)11-17-8-5-12(17)18/h5-11H2,1-4H3. The first-order valence-corrected chi connectivity index (χ1v) is 7.44. The quantitative estimate of drug-likeness (QED) is 0.730. The monoisotopic (exact) mass is 282 g/mol. The molecule has 5 heteroatoms. The van der Waals surface area contributed by atoms with Crippen molar-refractivity contribution in [2.75, 3.05) is 26.2 Å². The number of hydrogen-bond acceptors (Lipinski definition) is 3. The molecule has 0 N–H and O–H groups in total. The number of β-lactam (4-membered cyclic amide) rings is 1. The highest BCUT2D eigenvalue weighted by Gasteiger charge is 2.37. The predicted molar refractivity (Wildman–Crippen MR) is 76.3 cm³/mol. The summed E-state index contributed by atoms with van der Waals surface area (Å²) in [6, 6.07) is 0. The maximum atomic E-state index is 12.0. The molecule has 2 saturated heterocycles. The molecule has 5 nitrogen and oxygen atoms in total. The summed E-state index contributed by atoms with van der Waals surface area (Å²) < 4.78 is 5.40. The molecule has 0 radical (unpaired) electrons. The molecule has 0 aliphatic carbocycles. The maximum absolute atomic E-state index is 12.0. The molecule has 2 rings (SSSR count). The van der Waals surface area contributed by atoms with Gasteiger partial charge in [-0.2, -0.15) is 0 Å². The van der Waals surface area contributed by atoms with Crippen molar-refractivity contribution in [3.8, 4) is 0 Å². The third kappa shape index (κ3) is 3.64. The van der Waals surface area contributed by atoms with E-state index in [9.17, 15) is 9.59 Å².